The quantitative estimate of drug-likeness (QED) is 0.685. The molecule has 4 nitrogen and oxygen atoms in total. The average Bonchev–Trinajstić information content (AvgIpc) is 2.61. The summed E-state index contributed by atoms with van der Waals surface area (Å²) in [7, 11) is 0. The van der Waals surface area contributed by atoms with E-state index in [0.29, 0.717) is 5.69 Å². The third-order valence-electron chi connectivity index (χ3n) is 2.01. The third kappa shape index (κ3) is 0.992. The number of rotatable bonds is 2. The molecule has 1 saturated carbocycles. The molecule has 1 fully saturated rings. The number of aromatic carboxylic acids is 1. The van der Waals surface area contributed by atoms with Crippen LogP contribution in [0.25, 0.3) is 0 Å². The first-order valence-corrected chi connectivity index (χ1v) is 3.97. The summed E-state index contributed by atoms with van der Waals surface area (Å²) in [6, 6.07) is 0. The molecule has 1 aromatic rings. The number of carboxylic acids is 1. The van der Waals surface area contributed by atoms with Crippen molar-refractivity contribution in [2.24, 2.45) is 0 Å². The van der Waals surface area contributed by atoms with E-state index in [1.165, 1.54) is 6.20 Å². The molecule has 0 spiro atoms. The summed E-state index contributed by atoms with van der Waals surface area (Å²) in [5, 5.41) is 15.0. The van der Waals surface area contributed by atoms with Crippen LogP contribution in [0.15, 0.2) is 6.20 Å². The molecule has 2 rings (SSSR count). The van der Waals surface area contributed by atoms with Gasteiger partial charge in [0.05, 0.1) is 16.8 Å². The maximum absolute atomic E-state index is 10.6. The molecular formula is C7H7ClN2O2. The first-order valence-electron chi connectivity index (χ1n) is 3.59. The molecule has 0 unspecified atom stereocenters. The zero-order valence-corrected chi connectivity index (χ0v) is 6.93. The van der Waals surface area contributed by atoms with Gasteiger partial charge in [0.15, 0.2) is 0 Å². The van der Waals surface area contributed by atoms with Gasteiger partial charge in [-0.2, -0.15) is 5.10 Å². The molecular weight excluding hydrogens is 180 g/mol. The highest BCUT2D eigenvalue weighted by atomic mass is 35.5. The van der Waals surface area contributed by atoms with E-state index in [9.17, 15) is 4.79 Å². The van der Waals surface area contributed by atoms with Crippen LogP contribution >= 0.6 is 11.6 Å². The molecule has 0 aliphatic heterocycles. The van der Waals surface area contributed by atoms with Crippen molar-refractivity contribution in [1.82, 2.24) is 10.2 Å². The van der Waals surface area contributed by atoms with E-state index in [0.717, 1.165) is 12.8 Å². The molecule has 1 aromatic heterocycles. The maximum Gasteiger partial charge on any atom is 0.339 e. The highest BCUT2D eigenvalue weighted by Crippen LogP contribution is 2.52. The summed E-state index contributed by atoms with van der Waals surface area (Å²) in [5.74, 6) is -0.981. The highest BCUT2D eigenvalue weighted by molar-refractivity contribution is 6.26. The highest BCUT2D eigenvalue weighted by Gasteiger charge is 2.46. The largest absolute Gasteiger partial charge is 0.478 e. The van der Waals surface area contributed by atoms with Crippen LogP contribution < -0.4 is 0 Å². The van der Waals surface area contributed by atoms with E-state index >= 15 is 0 Å². The van der Waals surface area contributed by atoms with Crippen LogP contribution in [0, 0.1) is 0 Å². The average molecular weight is 187 g/mol. The van der Waals surface area contributed by atoms with Gasteiger partial charge in [0, 0.05) is 0 Å². The number of hydrogen-bond donors (Lipinski definition) is 2. The van der Waals surface area contributed by atoms with Gasteiger partial charge in [0.25, 0.3) is 0 Å². The Morgan fingerprint density at radius 3 is 2.92 bits per heavy atom. The summed E-state index contributed by atoms with van der Waals surface area (Å²) in [5.41, 5.74) is 0.721. The van der Waals surface area contributed by atoms with Gasteiger partial charge >= 0.3 is 5.97 Å². The van der Waals surface area contributed by atoms with Crippen molar-refractivity contribution in [2.75, 3.05) is 0 Å². The van der Waals surface area contributed by atoms with Gasteiger partial charge in [0.1, 0.15) is 5.56 Å². The van der Waals surface area contributed by atoms with Gasteiger partial charge < -0.3 is 5.11 Å². The minimum absolute atomic E-state index is 0.183. The summed E-state index contributed by atoms with van der Waals surface area (Å²) in [6.45, 7) is 0. The minimum atomic E-state index is -0.981. The Bertz CT molecular complexity index is 330. The lowest BCUT2D eigenvalue weighted by atomic mass is 10.2. The van der Waals surface area contributed by atoms with E-state index in [1.807, 2.05) is 0 Å². The van der Waals surface area contributed by atoms with Gasteiger partial charge in [-0.1, -0.05) is 0 Å². The van der Waals surface area contributed by atoms with Crippen LogP contribution in [0.5, 0.6) is 0 Å². The van der Waals surface area contributed by atoms with Crippen molar-refractivity contribution in [1.29, 1.82) is 0 Å². The number of alkyl halides is 1. The number of halogens is 1. The van der Waals surface area contributed by atoms with Crippen LogP contribution in [0.1, 0.15) is 28.9 Å². The number of aromatic amines is 1. The Kier molecular flexibility index (Phi) is 1.41. The predicted molar refractivity (Wildman–Crippen MR) is 42.3 cm³/mol. The van der Waals surface area contributed by atoms with Crippen LogP contribution in [-0.4, -0.2) is 21.3 Å². The van der Waals surface area contributed by atoms with Crippen LogP contribution in [0.4, 0.5) is 0 Å². The Morgan fingerprint density at radius 2 is 2.42 bits per heavy atom. The number of nitrogens with one attached hydrogen (secondary N) is 1. The summed E-state index contributed by atoms with van der Waals surface area (Å²) >= 11 is 6.03. The SMILES string of the molecule is O=C(O)c1cn[nH]c1C1(Cl)CC1. The monoisotopic (exact) mass is 186 g/mol. The molecule has 0 bridgehead atoms. The van der Waals surface area contributed by atoms with E-state index in [4.69, 9.17) is 16.7 Å². The number of hydrogen-bond acceptors (Lipinski definition) is 2. The number of nitrogens with zero attached hydrogens (tertiary/aromatic N) is 1. The lowest BCUT2D eigenvalue weighted by molar-refractivity contribution is 0.0695. The molecule has 0 saturated heterocycles. The summed E-state index contributed by atoms with van der Waals surface area (Å²) in [4.78, 5) is 10.2. The van der Waals surface area contributed by atoms with Crippen LogP contribution in [0.2, 0.25) is 0 Å². The van der Waals surface area contributed by atoms with Crippen molar-refractivity contribution in [2.45, 2.75) is 17.7 Å². The topological polar surface area (TPSA) is 66.0 Å². The zero-order chi connectivity index (χ0) is 8.77. The van der Waals surface area contributed by atoms with Crippen LogP contribution in [0.3, 0.4) is 0 Å². The Morgan fingerprint density at radius 1 is 1.75 bits per heavy atom. The molecule has 12 heavy (non-hydrogen) atoms. The standard InChI is InChI=1S/C7H7ClN2O2/c8-7(1-2-7)5-4(6(11)12)3-9-10-5/h3H,1-2H2,(H,9,10)(H,11,12). The van der Waals surface area contributed by atoms with Crippen molar-refractivity contribution in [3.63, 3.8) is 0 Å². The van der Waals surface area contributed by atoms with Crippen molar-refractivity contribution >= 4 is 17.6 Å². The Labute approximate surface area is 73.5 Å². The lowest BCUT2D eigenvalue weighted by Gasteiger charge is -2.02. The zero-order valence-electron chi connectivity index (χ0n) is 6.17. The van der Waals surface area contributed by atoms with Gasteiger partial charge in [-0.15, -0.1) is 11.6 Å². The second kappa shape index (κ2) is 2.23. The van der Waals surface area contributed by atoms with Crippen LogP contribution in [-0.2, 0) is 4.87 Å². The molecule has 1 heterocycles. The number of aromatic nitrogens is 2. The van der Waals surface area contributed by atoms with Crippen molar-refractivity contribution < 1.29 is 9.90 Å². The molecule has 0 aromatic carbocycles. The predicted octanol–water partition coefficient (Wildman–Crippen LogP) is 1.34. The molecule has 64 valence electrons. The van der Waals surface area contributed by atoms with E-state index in [1.54, 1.807) is 0 Å². The molecule has 0 atom stereocenters. The number of carboxylic acid groups (broad SMARTS) is 1. The minimum Gasteiger partial charge on any atom is -0.478 e. The second-order valence-electron chi connectivity index (χ2n) is 2.93. The van der Waals surface area contributed by atoms with Crippen molar-refractivity contribution in [3.05, 3.63) is 17.5 Å². The van der Waals surface area contributed by atoms with Gasteiger partial charge in [-0.25, -0.2) is 4.79 Å². The fourth-order valence-corrected chi connectivity index (χ4v) is 1.39. The van der Waals surface area contributed by atoms with E-state index < -0.39 is 10.8 Å². The molecule has 5 heteroatoms. The van der Waals surface area contributed by atoms with Gasteiger partial charge in [-0.05, 0) is 12.8 Å². The molecule has 2 N–H and O–H groups in total. The Hall–Kier alpha value is -1.03. The molecule has 0 radical (unpaired) electrons. The first kappa shape index (κ1) is 7.61. The third-order valence-corrected chi connectivity index (χ3v) is 2.57. The van der Waals surface area contributed by atoms with Crippen molar-refractivity contribution in [3.8, 4) is 0 Å². The molecule has 0 amide bonds. The van der Waals surface area contributed by atoms with E-state index in [2.05, 4.69) is 10.2 Å². The molecule has 1 aliphatic rings. The second-order valence-corrected chi connectivity index (χ2v) is 3.65. The fourth-order valence-electron chi connectivity index (χ4n) is 1.15. The van der Waals surface area contributed by atoms with E-state index in [-0.39, 0.29) is 5.56 Å². The first-order chi connectivity index (χ1) is 5.63. The maximum atomic E-state index is 10.6. The molecule has 1 aliphatic carbocycles. The van der Waals surface area contributed by atoms with Gasteiger partial charge in [-0.3, -0.25) is 5.10 Å². The Balaban J connectivity index is 2.43. The van der Waals surface area contributed by atoms with Gasteiger partial charge in [0.2, 0.25) is 0 Å². The normalized spacial score (nSPS) is 19.1. The summed E-state index contributed by atoms with van der Waals surface area (Å²) in [6.07, 6.45) is 2.92. The lowest BCUT2D eigenvalue weighted by Crippen LogP contribution is -2.05. The number of H-pyrrole nitrogens is 1. The summed E-state index contributed by atoms with van der Waals surface area (Å²) < 4.78 is 0. The fraction of sp³-hybridized carbons (Fsp3) is 0.429. The smallest absolute Gasteiger partial charge is 0.339 e. The number of carbonyl (C=O) groups is 1.